The van der Waals surface area contributed by atoms with Crippen molar-refractivity contribution in [2.24, 2.45) is 0 Å². The SMILES string of the molecule is Cc1cc2c3c(c1)N(c1c(-c4ccccc4)ccc4c1OCCCO4)c1ccc(C(C)(C)C)cc1B3c1ccc(N(c3ccccc3)c3ccccc3)cc1N2c1cc(-c2ccc(C(C)(C)C)cc2)cc(-c2ccc(C(C)(C)C)cc2)c1. The average Bonchev–Trinajstić information content (AvgIpc) is 1.49. The molecule has 0 spiro atoms. The standard InChI is InChI=1S/C76H72BN3O2/c1-50-43-68-71-69(44-50)80(72-63(53-21-14-11-15-22-53)37-40-70-73(72)82-42-20-41-81-70)66-39-35-58(76(8,9)10)48-65(66)77(71)64-38-36-61(78(59-23-16-12-17-24-59)60-25-18-13-19-26-60)49-67(64)79(68)62-46-54(51-27-31-56(32-28-51)74(2,3)4)45-55(47-62)52-29-33-57(34-30-52)75(5,6)7/h11-19,21-40,43-49H,20,41-42H2,1-10H3. The number of benzene rings is 10. The summed E-state index contributed by atoms with van der Waals surface area (Å²) >= 11 is 0. The molecule has 0 amide bonds. The molecule has 13 rings (SSSR count). The molecule has 0 atom stereocenters. The van der Waals surface area contributed by atoms with Crippen LogP contribution in [0.25, 0.3) is 33.4 Å². The Hall–Kier alpha value is -8.74. The summed E-state index contributed by atoms with van der Waals surface area (Å²) in [7, 11) is 0. The maximum absolute atomic E-state index is 6.97. The van der Waals surface area contributed by atoms with Gasteiger partial charge in [-0.3, -0.25) is 0 Å². The van der Waals surface area contributed by atoms with Crippen molar-refractivity contribution in [2.45, 2.75) is 91.9 Å². The molecule has 0 unspecified atom stereocenters. The number of ether oxygens (including phenoxy) is 2. The summed E-state index contributed by atoms with van der Waals surface area (Å²) in [4.78, 5) is 7.52. The van der Waals surface area contributed by atoms with E-state index in [1.807, 2.05) is 0 Å². The quantitative estimate of drug-likeness (QED) is 0.141. The van der Waals surface area contributed by atoms with Crippen LogP contribution in [0.3, 0.4) is 0 Å². The van der Waals surface area contributed by atoms with Crippen molar-refractivity contribution in [3.63, 3.8) is 0 Å². The summed E-state index contributed by atoms with van der Waals surface area (Å²) in [5.74, 6) is 1.53. The first kappa shape index (κ1) is 52.6. The zero-order valence-corrected chi connectivity index (χ0v) is 49.1. The van der Waals surface area contributed by atoms with Crippen LogP contribution in [0.15, 0.2) is 218 Å². The van der Waals surface area contributed by atoms with Crippen molar-refractivity contribution in [2.75, 3.05) is 27.9 Å². The number of rotatable bonds is 8. The first-order valence-electron chi connectivity index (χ1n) is 29.3. The van der Waals surface area contributed by atoms with Crippen molar-refractivity contribution >= 4 is 74.3 Å². The number of nitrogens with zero attached hydrogens (tertiary/aromatic N) is 3. The number of hydrogen-bond donors (Lipinski definition) is 0. The normalized spacial score (nSPS) is 13.7. The third-order valence-corrected chi connectivity index (χ3v) is 16.9. The molecule has 0 saturated heterocycles. The number of anilines is 9. The largest absolute Gasteiger partial charge is 0.489 e. The third kappa shape index (κ3) is 9.52. The van der Waals surface area contributed by atoms with Crippen LogP contribution in [-0.4, -0.2) is 19.9 Å². The minimum atomic E-state index is -0.140. The summed E-state index contributed by atoms with van der Waals surface area (Å²) in [5.41, 5.74) is 25.4. The minimum Gasteiger partial charge on any atom is -0.489 e. The van der Waals surface area contributed by atoms with Crippen molar-refractivity contribution in [1.82, 2.24) is 0 Å². The van der Waals surface area contributed by atoms with E-state index in [2.05, 4.69) is 302 Å². The van der Waals surface area contributed by atoms with Gasteiger partial charge in [-0.2, -0.15) is 0 Å². The van der Waals surface area contributed by atoms with E-state index in [0.29, 0.717) is 13.2 Å². The molecule has 5 nitrogen and oxygen atoms in total. The van der Waals surface area contributed by atoms with Gasteiger partial charge >= 0.3 is 0 Å². The number of para-hydroxylation sites is 2. The summed E-state index contributed by atoms with van der Waals surface area (Å²) in [6, 6.07) is 81.8. The molecule has 0 bridgehead atoms. The van der Waals surface area contributed by atoms with E-state index in [9.17, 15) is 0 Å². The lowest BCUT2D eigenvalue weighted by Gasteiger charge is -2.45. The fraction of sp³-hybridized carbons (Fsp3) is 0.211. The van der Waals surface area contributed by atoms with Gasteiger partial charge in [-0.05, 0) is 175 Å². The van der Waals surface area contributed by atoms with Crippen LogP contribution in [0.1, 0.15) is 91.0 Å². The van der Waals surface area contributed by atoms with Crippen LogP contribution in [-0.2, 0) is 16.2 Å². The number of fused-ring (bicyclic) bond motifs is 5. The second kappa shape index (κ2) is 20.4. The van der Waals surface area contributed by atoms with Gasteiger partial charge < -0.3 is 24.2 Å². The highest BCUT2D eigenvalue weighted by molar-refractivity contribution is 7.00. The van der Waals surface area contributed by atoms with Gasteiger partial charge in [-0.15, -0.1) is 0 Å². The van der Waals surface area contributed by atoms with Gasteiger partial charge in [0.1, 0.15) is 5.69 Å². The van der Waals surface area contributed by atoms with E-state index in [4.69, 9.17) is 9.47 Å². The molecule has 0 N–H and O–H groups in total. The van der Waals surface area contributed by atoms with Crippen LogP contribution < -0.4 is 40.6 Å². The number of aryl methyl sites for hydroxylation is 1. The smallest absolute Gasteiger partial charge is 0.252 e. The molecule has 10 aromatic carbocycles. The lowest BCUT2D eigenvalue weighted by molar-refractivity contribution is 0.297. The van der Waals surface area contributed by atoms with Crippen molar-refractivity contribution in [3.05, 3.63) is 241 Å². The van der Waals surface area contributed by atoms with E-state index in [-0.39, 0.29) is 23.0 Å². The molecule has 0 aromatic heterocycles. The fourth-order valence-electron chi connectivity index (χ4n) is 12.5. The van der Waals surface area contributed by atoms with E-state index >= 15 is 0 Å². The van der Waals surface area contributed by atoms with Gasteiger partial charge in [0.05, 0.1) is 13.2 Å². The third-order valence-electron chi connectivity index (χ3n) is 16.9. The first-order valence-corrected chi connectivity index (χ1v) is 29.3. The Balaban J connectivity index is 1.14. The Morgan fingerprint density at radius 3 is 1.51 bits per heavy atom. The summed E-state index contributed by atoms with van der Waals surface area (Å²) in [6.45, 7) is 24.0. The Morgan fingerprint density at radius 2 is 0.939 bits per heavy atom. The van der Waals surface area contributed by atoms with E-state index in [1.54, 1.807) is 0 Å². The molecule has 0 saturated carbocycles. The molecule has 0 aliphatic carbocycles. The van der Waals surface area contributed by atoms with Gasteiger partial charge in [0.15, 0.2) is 11.5 Å². The van der Waals surface area contributed by atoms with Crippen LogP contribution in [0, 0.1) is 6.92 Å². The Bertz CT molecular complexity index is 3910. The predicted molar refractivity (Wildman–Crippen MR) is 348 cm³/mol. The number of hydrogen-bond acceptors (Lipinski definition) is 5. The molecule has 3 heterocycles. The molecule has 82 heavy (non-hydrogen) atoms. The highest BCUT2D eigenvalue weighted by Crippen LogP contribution is 2.54. The van der Waals surface area contributed by atoms with Gasteiger partial charge in [0, 0.05) is 57.5 Å². The maximum atomic E-state index is 6.97. The molecule has 6 heteroatoms. The van der Waals surface area contributed by atoms with E-state index in [1.165, 1.54) is 44.2 Å². The lowest BCUT2D eigenvalue weighted by Crippen LogP contribution is -2.61. The van der Waals surface area contributed by atoms with Crippen molar-refractivity contribution in [3.8, 4) is 44.9 Å². The van der Waals surface area contributed by atoms with Crippen molar-refractivity contribution in [1.29, 1.82) is 0 Å². The maximum Gasteiger partial charge on any atom is 0.252 e. The molecular formula is C76H72BN3O2. The molecule has 3 aliphatic rings. The predicted octanol–water partition coefficient (Wildman–Crippen LogP) is 18.6. The van der Waals surface area contributed by atoms with Gasteiger partial charge in [-0.1, -0.05) is 196 Å². The van der Waals surface area contributed by atoms with Gasteiger partial charge in [0.25, 0.3) is 6.71 Å². The average molecular weight is 1070 g/mol. The second-order valence-electron chi connectivity index (χ2n) is 25.7. The van der Waals surface area contributed by atoms with Crippen LogP contribution in [0.5, 0.6) is 11.5 Å². The lowest BCUT2D eigenvalue weighted by atomic mass is 9.33. The molecular weight excluding hydrogens is 998 g/mol. The Kier molecular flexibility index (Phi) is 13.1. The highest BCUT2D eigenvalue weighted by Gasteiger charge is 2.45. The summed E-state index contributed by atoms with van der Waals surface area (Å²) in [6.07, 6.45) is 0.796. The van der Waals surface area contributed by atoms with Crippen LogP contribution in [0.4, 0.5) is 51.2 Å². The molecule has 10 aromatic rings. The minimum absolute atomic E-state index is 0.0170. The fourth-order valence-corrected chi connectivity index (χ4v) is 12.5. The monoisotopic (exact) mass is 1070 g/mol. The second-order valence-corrected chi connectivity index (χ2v) is 25.7. The molecule has 0 radical (unpaired) electrons. The molecule has 406 valence electrons. The van der Waals surface area contributed by atoms with E-state index < -0.39 is 0 Å². The topological polar surface area (TPSA) is 28.2 Å². The zero-order valence-electron chi connectivity index (χ0n) is 49.1. The molecule has 3 aliphatic heterocycles. The Labute approximate surface area is 486 Å². The Morgan fingerprint density at radius 1 is 0.402 bits per heavy atom. The van der Waals surface area contributed by atoms with Gasteiger partial charge in [-0.25, -0.2) is 0 Å². The summed E-state index contributed by atoms with van der Waals surface area (Å²) < 4.78 is 13.6. The van der Waals surface area contributed by atoms with Crippen LogP contribution >= 0.6 is 0 Å². The zero-order chi connectivity index (χ0) is 56.7. The van der Waals surface area contributed by atoms with E-state index in [0.717, 1.165) is 96.9 Å². The molecule has 0 fully saturated rings. The van der Waals surface area contributed by atoms with Crippen LogP contribution in [0.2, 0.25) is 0 Å². The van der Waals surface area contributed by atoms with Gasteiger partial charge in [0.2, 0.25) is 0 Å². The van der Waals surface area contributed by atoms with Crippen molar-refractivity contribution < 1.29 is 9.47 Å². The summed E-state index contributed by atoms with van der Waals surface area (Å²) in [5, 5.41) is 0. The highest BCUT2D eigenvalue weighted by atomic mass is 16.5. The first-order chi connectivity index (χ1) is 39.5.